The van der Waals surface area contributed by atoms with Crippen LogP contribution in [0.25, 0.3) is 11.0 Å². The van der Waals surface area contributed by atoms with Crippen molar-refractivity contribution in [3.8, 4) is 11.9 Å². The van der Waals surface area contributed by atoms with Crippen LogP contribution in [0, 0.1) is 23.0 Å². The van der Waals surface area contributed by atoms with E-state index in [1.165, 1.54) is 6.07 Å². The second kappa shape index (κ2) is 7.66. The van der Waals surface area contributed by atoms with Gasteiger partial charge in [-0.05, 0) is 30.5 Å². The van der Waals surface area contributed by atoms with Crippen LogP contribution in [0.3, 0.4) is 0 Å². The van der Waals surface area contributed by atoms with Crippen molar-refractivity contribution in [3.63, 3.8) is 0 Å². The van der Waals surface area contributed by atoms with Crippen LogP contribution in [0.5, 0.6) is 5.88 Å². The number of H-pyrrole nitrogens is 1. The second-order valence-corrected chi connectivity index (χ2v) is 8.58. The van der Waals surface area contributed by atoms with Gasteiger partial charge in [0.1, 0.15) is 41.8 Å². The van der Waals surface area contributed by atoms with Gasteiger partial charge in [0.25, 0.3) is 0 Å². The lowest BCUT2D eigenvalue weighted by molar-refractivity contribution is 0.00794. The number of benzene rings is 1. The number of nitrogens with one attached hydrogen (secondary N) is 2. The Kier molecular flexibility index (Phi) is 4.72. The lowest BCUT2D eigenvalue weighted by Crippen LogP contribution is -2.34. The number of aromatic amines is 1. The number of ether oxygens (including phenoxy) is 3. The smallest absolute Gasteiger partial charge is 0.193 e. The molecular formula is C23H20F2N4O4. The number of halogens is 2. The number of fused-ring (bicyclic) bond motifs is 3. The van der Waals surface area contributed by atoms with E-state index in [4.69, 9.17) is 14.2 Å². The fourth-order valence-electron chi connectivity index (χ4n) is 4.99. The maximum atomic E-state index is 14.4. The molecule has 0 spiro atoms. The molecule has 33 heavy (non-hydrogen) atoms. The molecule has 3 aliphatic rings. The third kappa shape index (κ3) is 3.40. The van der Waals surface area contributed by atoms with E-state index in [2.05, 4.69) is 21.4 Å². The number of nitriles is 1. The summed E-state index contributed by atoms with van der Waals surface area (Å²) >= 11 is 0. The van der Waals surface area contributed by atoms with Crippen LogP contribution in [0.15, 0.2) is 24.3 Å². The van der Waals surface area contributed by atoms with E-state index in [0.29, 0.717) is 58.9 Å². The maximum absolute atomic E-state index is 14.4. The molecule has 2 fully saturated rings. The summed E-state index contributed by atoms with van der Waals surface area (Å²) in [5.41, 5.74) is 2.49. The lowest BCUT2D eigenvalue weighted by Gasteiger charge is -2.16. The van der Waals surface area contributed by atoms with Crippen LogP contribution in [0.2, 0.25) is 0 Å². The average molecular weight is 454 g/mol. The van der Waals surface area contributed by atoms with E-state index in [1.807, 2.05) is 0 Å². The van der Waals surface area contributed by atoms with Crippen molar-refractivity contribution in [3.05, 3.63) is 52.6 Å². The molecule has 0 saturated carbocycles. The minimum Gasteiger partial charge on any atom is -0.470 e. The van der Waals surface area contributed by atoms with E-state index in [0.717, 1.165) is 6.07 Å². The molecule has 170 valence electrons. The zero-order chi connectivity index (χ0) is 22.7. The highest BCUT2D eigenvalue weighted by molar-refractivity contribution is 5.82. The van der Waals surface area contributed by atoms with Gasteiger partial charge in [0.15, 0.2) is 12.0 Å². The zero-order valence-electron chi connectivity index (χ0n) is 17.3. The van der Waals surface area contributed by atoms with Crippen LogP contribution in [0.4, 0.5) is 14.6 Å². The molecule has 0 bridgehead atoms. The van der Waals surface area contributed by atoms with Gasteiger partial charge in [-0.2, -0.15) is 5.26 Å². The summed E-state index contributed by atoms with van der Waals surface area (Å²) in [7, 11) is 0. The molecule has 1 aliphatic carbocycles. The minimum atomic E-state index is -0.665. The summed E-state index contributed by atoms with van der Waals surface area (Å²) in [6.07, 6.45) is -0.697. The SMILES string of the molecule is N#Cc1cc2[nH]c(O[C@@H]3CO[C@H]4[C@@H]3OC[C@H]4O)cc2nc1NC1CCc2cc(F)cc(F)c21. The first-order valence-corrected chi connectivity index (χ1v) is 10.8. The van der Waals surface area contributed by atoms with Crippen LogP contribution in [-0.2, 0) is 15.9 Å². The standard InChI is InChI=1S/C23H20F2N4O4/c24-12-3-10-1-2-14(20(10)13(25)5-12)28-23-11(7-26)4-15-16(29-23)6-19(27-15)33-18-9-32-21-17(30)8-31-22(18)21/h3-6,14,17-18,21-22,27,30H,1-2,8-9H2,(H,28,29)/t14?,17-,18-,21-,22-/m1/s1. The number of hydrogen-bond acceptors (Lipinski definition) is 7. The molecule has 1 unspecified atom stereocenters. The van der Waals surface area contributed by atoms with Crippen LogP contribution >= 0.6 is 0 Å². The monoisotopic (exact) mass is 454 g/mol. The van der Waals surface area contributed by atoms with Gasteiger partial charge >= 0.3 is 0 Å². The first kappa shape index (κ1) is 20.4. The summed E-state index contributed by atoms with van der Waals surface area (Å²) < 4.78 is 45.2. The largest absolute Gasteiger partial charge is 0.470 e. The molecule has 1 aromatic carbocycles. The molecule has 10 heteroatoms. The molecule has 2 saturated heterocycles. The number of aliphatic hydroxyl groups is 1. The van der Waals surface area contributed by atoms with Crippen molar-refractivity contribution in [2.24, 2.45) is 0 Å². The highest BCUT2D eigenvalue weighted by Gasteiger charge is 2.48. The van der Waals surface area contributed by atoms with Gasteiger partial charge in [0.05, 0.1) is 35.9 Å². The van der Waals surface area contributed by atoms with Gasteiger partial charge in [0, 0.05) is 17.7 Å². The number of nitrogens with zero attached hydrogens (tertiary/aromatic N) is 2. The van der Waals surface area contributed by atoms with Crippen LogP contribution in [-0.4, -0.2) is 52.7 Å². The second-order valence-electron chi connectivity index (χ2n) is 8.58. The van der Waals surface area contributed by atoms with Crippen molar-refractivity contribution in [2.75, 3.05) is 18.5 Å². The topological polar surface area (TPSA) is 112 Å². The average Bonchev–Trinajstić information content (AvgIpc) is 3.54. The Hall–Kier alpha value is -3.26. The summed E-state index contributed by atoms with van der Waals surface area (Å²) in [6.45, 7) is 0.500. The Morgan fingerprint density at radius 2 is 2.03 bits per heavy atom. The van der Waals surface area contributed by atoms with Gasteiger partial charge < -0.3 is 29.6 Å². The quantitative estimate of drug-likeness (QED) is 0.556. The van der Waals surface area contributed by atoms with Gasteiger partial charge in [-0.25, -0.2) is 13.8 Å². The van der Waals surface area contributed by atoms with Crippen LogP contribution in [0.1, 0.15) is 29.2 Å². The number of aromatic nitrogens is 2. The fraction of sp³-hybridized carbons (Fsp3) is 0.391. The molecule has 3 N–H and O–H groups in total. The highest BCUT2D eigenvalue weighted by Crippen LogP contribution is 2.37. The molecule has 0 radical (unpaired) electrons. The van der Waals surface area contributed by atoms with Crippen molar-refractivity contribution in [1.82, 2.24) is 9.97 Å². The predicted molar refractivity (Wildman–Crippen MR) is 112 cm³/mol. The number of pyridine rings is 1. The summed E-state index contributed by atoms with van der Waals surface area (Å²) in [6, 6.07) is 7.29. The summed E-state index contributed by atoms with van der Waals surface area (Å²) in [5, 5.41) is 22.7. The van der Waals surface area contributed by atoms with Crippen LogP contribution < -0.4 is 10.1 Å². The molecule has 6 rings (SSSR count). The summed E-state index contributed by atoms with van der Waals surface area (Å²) in [5.74, 6) is -0.442. The minimum absolute atomic E-state index is 0.210. The highest BCUT2D eigenvalue weighted by atomic mass is 19.1. The predicted octanol–water partition coefficient (Wildman–Crippen LogP) is 2.72. The molecule has 2 aliphatic heterocycles. The van der Waals surface area contributed by atoms with E-state index < -0.39 is 29.9 Å². The third-order valence-electron chi connectivity index (χ3n) is 6.50. The lowest BCUT2D eigenvalue weighted by atomic mass is 10.1. The molecule has 2 aromatic heterocycles. The Labute approximate surface area is 187 Å². The Bertz CT molecular complexity index is 1290. The molecule has 5 atom stereocenters. The van der Waals surface area contributed by atoms with Gasteiger partial charge in [-0.15, -0.1) is 0 Å². The Morgan fingerprint density at radius 3 is 2.88 bits per heavy atom. The Balaban J connectivity index is 1.27. The number of aliphatic hydroxyl groups excluding tert-OH is 1. The molecule has 4 heterocycles. The molecule has 3 aromatic rings. The number of anilines is 1. The van der Waals surface area contributed by atoms with Crippen molar-refractivity contribution in [1.29, 1.82) is 5.26 Å². The van der Waals surface area contributed by atoms with Gasteiger partial charge in [-0.1, -0.05) is 0 Å². The van der Waals surface area contributed by atoms with Crippen molar-refractivity contribution >= 4 is 16.9 Å². The zero-order valence-corrected chi connectivity index (χ0v) is 17.3. The normalized spacial score (nSPS) is 28.0. The van der Waals surface area contributed by atoms with E-state index in [9.17, 15) is 19.1 Å². The first-order chi connectivity index (χ1) is 16.0. The van der Waals surface area contributed by atoms with Crippen molar-refractivity contribution < 1.29 is 28.1 Å². The number of hydrogen-bond donors (Lipinski definition) is 3. The third-order valence-corrected chi connectivity index (χ3v) is 6.50. The number of rotatable bonds is 4. The summed E-state index contributed by atoms with van der Waals surface area (Å²) in [4.78, 5) is 7.66. The van der Waals surface area contributed by atoms with Gasteiger partial charge in [-0.3, -0.25) is 0 Å². The fourth-order valence-corrected chi connectivity index (χ4v) is 4.99. The van der Waals surface area contributed by atoms with E-state index in [1.54, 1.807) is 12.1 Å². The maximum Gasteiger partial charge on any atom is 0.193 e. The number of aryl methyl sites for hydroxylation is 1. The Morgan fingerprint density at radius 1 is 1.18 bits per heavy atom. The van der Waals surface area contributed by atoms with E-state index >= 15 is 0 Å². The molecular weight excluding hydrogens is 434 g/mol. The molecule has 8 nitrogen and oxygen atoms in total. The molecule has 0 amide bonds. The van der Waals surface area contributed by atoms with Gasteiger partial charge in [0.2, 0.25) is 0 Å². The first-order valence-electron chi connectivity index (χ1n) is 10.8. The van der Waals surface area contributed by atoms with Crippen molar-refractivity contribution in [2.45, 2.75) is 43.3 Å². The van der Waals surface area contributed by atoms with E-state index in [-0.39, 0.29) is 18.8 Å².